The van der Waals surface area contributed by atoms with Gasteiger partial charge in [0.2, 0.25) is 5.75 Å². The van der Waals surface area contributed by atoms with Gasteiger partial charge in [-0.1, -0.05) is 12.8 Å². The molecule has 1 saturated carbocycles. The number of ether oxygens (including phenoxy) is 5. The Hall–Kier alpha value is -2.60. The highest BCUT2D eigenvalue weighted by atomic mass is 16.5. The Morgan fingerprint density at radius 3 is 1.81 bits per heavy atom. The van der Waals surface area contributed by atoms with Crippen LogP contribution >= 0.6 is 0 Å². The summed E-state index contributed by atoms with van der Waals surface area (Å²) in [6.45, 7) is 1.00. The van der Waals surface area contributed by atoms with E-state index in [2.05, 4.69) is 36.2 Å². The Labute approximate surface area is 191 Å². The summed E-state index contributed by atoms with van der Waals surface area (Å²) in [5.41, 5.74) is 3.93. The van der Waals surface area contributed by atoms with E-state index in [1.165, 1.54) is 36.8 Å². The first-order valence-electron chi connectivity index (χ1n) is 11.3. The fraction of sp³-hybridized carbons (Fsp3) is 0.538. The predicted octanol–water partition coefficient (Wildman–Crippen LogP) is 4.97. The van der Waals surface area contributed by atoms with Gasteiger partial charge in [-0.2, -0.15) is 0 Å². The number of nitrogens with zero attached hydrogens (tertiary/aromatic N) is 1. The van der Waals surface area contributed by atoms with Gasteiger partial charge in [-0.15, -0.1) is 0 Å². The summed E-state index contributed by atoms with van der Waals surface area (Å²) in [7, 11) is 10.6. The molecule has 1 fully saturated rings. The van der Waals surface area contributed by atoms with Crippen molar-refractivity contribution in [2.24, 2.45) is 0 Å². The molecule has 1 atom stereocenters. The highest BCUT2D eigenvalue weighted by Gasteiger charge is 2.42. The van der Waals surface area contributed by atoms with Crippen LogP contribution in [0.1, 0.15) is 54.8 Å². The molecule has 0 amide bonds. The molecule has 2 aliphatic rings. The van der Waals surface area contributed by atoms with Crippen LogP contribution < -0.4 is 23.7 Å². The number of hydrogen-bond acceptors (Lipinski definition) is 6. The monoisotopic (exact) mass is 441 g/mol. The maximum atomic E-state index is 5.73. The van der Waals surface area contributed by atoms with E-state index in [0.29, 0.717) is 17.2 Å². The second-order valence-corrected chi connectivity index (χ2v) is 8.87. The summed E-state index contributed by atoms with van der Waals surface area (Å²) < 4.78 is 28.4. The molecule has 2 aromatic carbocycles. The first-order valence-corrected chi connectivity index (χ1v) is 11.3. The zero-order valence-electron chi connectivity index (χ0n) is 20.1. The molecule has 1 aliphatic heterocycles. The smallest absolute Gasteiger partial charge is 0.203 e. The van der Waals surface area contributed by atoms with E-state index in [4.69, 9.17) is 23.7 Å². The molecule has 32 heavy (non-hydrogen) atoms. The van der Waals surface area contributed by atoms with Crippen molar-refractivity contribution >= 4 is 0 Å². The van der Waals surface area contributed by atoms with Crippen molar-refractivity contribution in [3.05, 3.63) is 41.0 Å². The van der Waals surface area contributed by atoms with E-state index in [-0.39, 0.29) is 11.5 Å². The topological polar surface area (TPSA) is 49.4 Å². The fourth-order valence-electron chi connectivity index (χ4n) is 5.74. The average Bonchev–Trinajstić information content (AvgIpc) is 3.27. The molecule has 0 saturated heterocycles. The quantitative estimate of drug-likeness (QED) is 0.631. The van der Waals surface area contributed by atoms with Gasteiger partial charge >= 0.3 is 0 Å². The minimum atomic E-state index is 0.0264. The van der Waals surface area contributed by atoms with Crippen LogP contribution in [0.4, 0.5) is 0 Å². The fourth-order valence-corrected chi connectivity index (χ4v) is 5.74. The molecule has 6 heteroatoms. The molecule has 1 heterocycles. The molecule has 2 aromatic rings. The molecular weight excluding hydrogens is 406 g/mol. The maximum absolute atomic E-state index is 5.73. The first-order chi connectivity index (χ1) is 15.5. The lowest BCUT2D eigenvalue weighted by molar-refractivity contribution is 0.259. The maximum Gasteiger partial charge on any atom is 0.203 e. The van der Waals surface area contributed by atoms with Gasteiger partial charge in [0, 0.05) is 0 Å². The van der Waals surface area contributed by atoms with Gasteiger partial charge in [-0.3, -0.25) is 4.90 Å². The van der Waals surface area contributed by atoms with E-state index in [9.17, 15) is 0 Å². The zero-order valence-corrected chi connectivity index (χ0v) is 20.1. The molecule has 1 aliphatic carbocycles. The molecule has 0 radical (unpaired) electrons. The summed E-state index contributed by atoms with van der Waals surface area (Å²) in [6.07, 6.45) is 6.10. The Morgan fingerprint density at radius 1 is 0.719 bits per heavy atom. The molecule has 6 nitrogen and oxygen atoms in total. The second kappa shape index (κ2) is 9.10. The Kier molecular flexibility index (Phi) is 6.42. The number of methoxy groups -OCH3 is 5. The highest BCUT2D eigenvalue weighted by Crippen LogP contribution is 2.53. The SMILES string of the molecule is COc1cc2c(cc1OC)C1(CCCC1)CCN(C)C2c1cc(OC)c(OC)c(OC)c1. The minimum absolute atomic E-state index is 0.0264. The molecule has 0 N–H and O–H groups in total. The van der Waals surface area contributed by atoms with Crippen LogP contribution in [0, 0.1) is 0 Å². The third kappa shape index (κ3) is 3.64. The van der Waals surface area contributed by atoms with Crippen molar-refractivity contribution in [2.75, 3.05) is 49.1 Å². The molecule has 1 spiro atoms. The van der Waals surface area contributed by atoms with Gasteiger partial charge in [0.15, 0.2) is 23.0 Å². The predicted molar refractivity (Wildman–Crippen MR) is 125 cm³/mol. The third-order valence-corrected chi connectivity index (χ3v) is 7.37. The standard InChI is InChI=1S/C26H35NO5/c1-27-12-11-26(9-7-8-10-26)19-16-21(29-3)20(28-2)15-18(19)24(27)17-13-22(30-4)25(32-6)23(14-17)31-5/h13-16,24H,7-12H2,1-6H3. The molecule has 1 unspecified atom stereocenters. The van der Waals surface area contributed by atoms with Gasteiger partial charge in [0.05, 0.1) is 41.6 Å². The van der Waals surface area contributed by atoms with Crippen molar-refractivity contribution in [3.63, 3.8) is 0 Å². The zero-order chi connectivity index (χ0) is 22.9. The second-order valence-electron chi connectivity index (χ2n) is 8.87. The largest absolute Gasteiger partial charge is 0.493 e. The van der Waals surface area contributed by atoms with Crippen molar-refractivity contribution in [1.82, 2.24) is 4.90 Å². The van der Waals surface area contributed by atoms with E-state index in [1.54, 1.807) is 35.5 Å². The summed E-state index contributed by atoms with van der Waals surface area (Å²) in [4.78, 5) is 2.43. The minimum Gasteiger partial charge on any atom is -0.493 e. The number of benzene rings is 2. The lowest BCUT2D eigenvalue weighted by Crippen LogP contribution is -2.27. The lowest BCUT2D eigenvalue weighted by atomic mass is 9.73. The van der Waals surface area contributed by atoms with Crippen LogP contribution in [-0.4, -0.2) is 54.0 Å². The lowest BCUT2D eigenvalue weighted by Gasteiger charge is -2.31. The van der Waals surface area contributed by atoms with Gasteiger partial charge < -0.3 is 23.7 Å². The van der Waals surface area contributed by atoms with Gasteiger partial charge in [0.1, 0.15) is 0 Å². The molecular formula is C26H35NO5. The van der Waals surface area contributed by atoms with E-state index < -0.39 is 0 Å². The van der Waals surface area contributed by atoms with Crippen molar-refractivity contribution < 1.29 is 23.7 Å². The van der Waals surface area contributed by atoms with Crippen LogP contribution in [0.25, 0.3) is 0 Å². The number of hydrogen-bond donors (Lipinski definition) is 0. The highest BCUT2D eigenvalue weighted by molar-refractivity contribution is 5.58. The first kappa shape index (κ1) is 22.6. The van der Waals surface area contributed by atoms with E-state index in [0.717, 1.165) is 30.0 Å². The van der Waals surface area contributed by atoms with Crippen LogP contribution in [0.2, 0.25) is 0 Å². The van der Waals surface area contributed by atoms with Crippen LogP contribution in [0.3, 0.4) is 0 Å². The van der Waals surface area contributed by atoms with Crippen LogP contribution in [0.5, 0.6) is 28.7 Å². The summed E-state index contributed by atoms with van der Waals surface area (Å²) >= 11 is 0. The Balaban J connectivity index is 1.97. The van der Waals surface area contributed by atoms with Crippen molar-refractivity contribution in [2.45, 2.75) is 43.6 Å². The van der Waals surface area contributed by atoms with Crippen LogP contribution in [0.15, 0.2) is 24.3 Å². The van der Waals surface area contributed by atoms with Crippen molar-refractivity contribution in [1.29, 1.82) is 0 Å². The number of fused-ring (bicyclic) bond motifs is 2. The number of rotatable bonds is 6. The van der Waals surface area contributed by atoms with E-state index in [1.807, 2.05) is 0 Å². The van der Waals surface area contributed by atoms with Gasteiger partial charge in [-0.25, -0.2) is 0 Å². The normalized spacial score (nSPS) is 19.9. The molecule has 0 bridgehead atoms. The van der Waals surface area contributed by atoms with Gasteiger partial charge in [-0.05, 0) is 79.2 Å². The summed E-state index contributed by atoms with van der Waals surface area (Å²) in [6, 6.07) is 8.55. The van der Waals surface area contributed by atoms with Crippen molar-refractivity contribution in [3.8, 4) is 28.7 Å². The molecule has 4 rings (SSSR count). The molecule has 0 aromatic heterocycles. The average molecular weight is 442 g/mol. The molecule has 174 valence electrons. The summed E-state index contributed by atoms with van der Waals surface area (Å²) in [5.74, 6) is 3.49. The van der Waals surface area contributed by atoms with E-state index >= 15 is 0 Å². The summed E-state index contributed by atoms with van der Waals surface area (Å²) in [5, 5.41) is 0. The van der Waals surface area contributed by atoms with Gasteiger partial charge in [0.25, 0.3) is 0 Å². The third-order valence-electron chi connectivity index (χ3n) is 7.37. The Morgan fingerprint density at radius 2 is 1.28 bits per heavy atom. The van der Waals surface area contributed by atoms with Crippen LogP contribution in [-0.2, 0) is 5.41 Å². The Bertz CT molecular complexity index is 942.